The van der Waals surface area contributed by atoms with Gasteiger partial charge in [-0.3, -0.25) is 5.01 Å². The number of benzene rings is 1. The van der Waals surface area contributed by atoms with Gasteiger partial charge in [-0.15, -0.1) is 0 Å². The molecule has 1 aromatic carbocycles. The molecule has 0 bridgehead atoms. The number of hydrogen-bond donors (Lipinski definition) is 1. The van der Waals surface area contributed by atoms with Crippen LogP contribution in [-0.4, -0.2) is 15.0 Å². The van der Waals surface area contributed by atoms with E-state index in [1.54, 1.807) is 12.1 Å². The molecular formula is C18H11F3N6. The zero-order chi connectivity index (χ0) is 19.0. The third-order valence-electron chi connectivity index (χ3n) is 4.06. The van der Waals surface area contributed by atoms with Crippen LogP contribution >= 0.6 is 0 Å². The molecule has 0 radical (unpaired) electrons. The molecule has 0 aliphatic carbocycles. The van der Waals surface area contributed by atoms with Gasteiger partial charge in [-0.1, -0.05) is 18.2 Å². The molecule has 27 heavy (non-hydrogen) atoms. The fraction of sp³-hybridized carbons (Fsp3) is 0.111. The van der Waals surface area contributed by atoms with Gasteiger partial charge in [-0.2, -0.15) is 18.4 Å². The molecule has 0 spiro atoms. The monoisotopic (exact) mass is 368 g/mol. The summed E-state index contributed by atoms with van der Waals surface area (Å²) in [7, 11) is 0. The molecule has 9 heteroatoms. The zero-order valence-corrected chi connectivity index (χ0v) is 13.7. The topological polar surface area (TPSA) is 77.7 Å². The lowest BCUT2D eigenvalue weighted by Crippen LogP contribution is -2.28. The first kappa shape index (κ1) is 16.9. The van der Waals surface area contributed by atoms with E-state index < -0.39 is 11.9 Å². The third-order valence-corrected chi connectivity index (χ3v) is 4.06. The Hall–Kier alpha value is -3.51. The summed E-state index contributed by atoms with van der Waals surface area (Å²) in [5, 5.41) is 10.5. The minimum atomic E-state index is -4.52. The van der Waals surface area contributed by atoms with Gasteiger partial charge in [0.05, 0.1) is 11.4 Å². The van der Waals surface area contributed by atoms with Gasteiger partial charge in [0.2, 0.25) is 5.82 Å². The van der Waals surface area contributed by atoms with Gasteiger partial charge in [-0.25, -0.2) is 20.4 Å². The van der Waals surface area contributed by atoms with Crippen molar-refractivity contribution in [1.82, 2.24) is 20.4 Å². The summed E-state index contributed by atoms with van der Waals surface area (Å²) in [6.07, 6.45) is -3.03. The van der Waals surface area contributed by atoms with Crippen LogP contribution in [-0.2, 0) is 12.7 Å². The second-order valence-electron chi connectivity index (χ2n) is 5.77. The van der Waals surface area contributed by atoms with Crippen LogP contribution in [0.15, 0.2) is 48.7 Å². The van der Waals surface area contributed by atoms with Gasteiger partial charge in [0.25, 0.3) is 0 Å². The molecule has 2 aromatic heterocycles. The van der Waals surface area contributed by atoms with Crippen molar-refractivity contribution in [1.29, 1.82) is 5.26 Å². The van der Waals surface area contributed by atoms with Gasteiger partial charge in [-0.05, 0) is 29.8 Å². The molecule has 0 saturated heterocycles. The average Bonchev–Trinajstić information content (AvgIpc) is 3.10. The minimum Gasteiger partial charge on any atom is -0.259 e. The first-order valence-electron chi connectivity index (χ1n) is 7.90. The van der Waals surface area contributed by atoms with E-state index in [-0.39, 0.29) is 11.6 Å². The Morgan fingerprint density at radius 3 is 2.74 bits per heavy atom. The SMILES string of the molecule is N#Cc1nccc(-c2ccc3c(c2)N(c2cccc(C(F)(F)F)n2)NC3)n1. The number of nitriles is 1. The maximum absolute atomic E-state index is 13.0. The lowest BCUT2D eigenvalue weighted by Gasteiger charge is -2.20. The second kappa shape index (κ2) is 6.34. The lowest BCUT2D eigenvalue weighted by molar-refractivity contribution is -0.141. The van der Waals surface area contributed by atoms with Crippen molar-refractivity contribution in [3.8, 4) is 17.3 Å². The van der Waals surface area contributed by atoms with E-state index in [1.807, 2.05) is 18.2 Å². The van der Waals surface area contributed by atoms with Crippen molar-refractivity contribution in [3.63, 3.8) is 0 Å². The smallest absolute Gasteiger partial charge is 0.259 e. The van der Waals surface area contributed by atoms with Gasteiger partial charge in [0.1, 0.15) is 17.6 Å². The molecule has 3 heterocycles. The molecule has 1 aliphatic heterocycles. The Labute approximate surface area is 151 Å². The Balaban J connectivity index is 1.75. The van der Waals surface area contributed by atoms with Gasteiger partial charge in [0, 0.05) is 18.3 Å². The number of nitrogens with one attached hydrogen (secondary N) is 1. The summed E-state index contributed by atoms with van der Waals surface area (Å²) in [4.78, 5) is 11.7. The van der Waals surface area contributed by atoms with Crippen LogP contribution in [0.3, 0.4) is 0 Å². The summed E-state index contributed by atoms with van der Waals surface area (Å²) >= 11 is 0. The molecule has 0 saturated carbocycles. The van der Waals surface area contributed by atoms with Crippen LogP contribution in [0.4, 0.5) is 24.7 Å². The largest absolute Gasteiger partial charge is 0.433 e. The maximum atomic E-state index is 13.0. The molecule has 6 nitrogen and oxygen atoms in total. The highest BCUT2D eigenvalue weighted by Gasteiger charge is 2.33. The minimum absolute atomic E-state index is 0.0440. The van der Waals surface area contributed by atoms with Gasteiger partial charge >= 0.3 is 6.18 Å². The van der Waals surface area contributed by atoms with Crippen molar-refractivity contribution < 1.29 is 13.2 Å². The third kappa shape index (κ3) is 3.18. The van der Waals surface area contributed by atoms with Gasteiger partial charge in [0.15, 0.2) is 0 Å². The first-order chi connectivity index (χ1) is 13.0. The van der Waals surface area contributed by atoms with E-state index in [2.05, 4.69) is 20.4 Å². The number of hydrogen-bond acceptors (Lipinski definition) is 6. The van der Waals surface area contributed by atoms with Crippen LogP contribution in [0.5, 0.6) is 0 Å². The van der Waals surface area contributed by atoms with Crippen molar-refractivity contribution in [2.75, 3.05) is 5.01 Å². The van der Waals surface area contributed by atoms with Crippen LogP contribution in [0.25, 0.3) is 11.3 Å². The normalized spacial score (nSPS) is 13.3. The molecule has 1 aliphatic rings. The van der Waals surface area contributed by atoms with E-state index in [4.69, 9.17) is 5.26 Å². The molecule has 0 atom stereocenters. The van der Waals surface area contributed by atoms with Crippen molar-refractivity contribution >= 4 is 11.5 Å². The van der Waals surface area contributed by atoms with Crippen molar-refractivity contribution in [2.45, 2.75) is 12.7 Å². The van der Waals surface area contributed by atoms with E-state index >= 15 is 0 Å². The highest BCUT2D eigenvalue weighted by Crippen LogP contribution is 2.35. The molecule has 0 fully saturated rings. The molecule has 134 valence electrons. The Bertz CT molecular complexity index is 1060. The van der Waals surface area contributed by atoms with Crippen LogP contribution in [0, 0.1) is 11.3 Å². The number of rotatable bonds is 2. The number of anilines is 2. The second-order valence-corrected chi connectivity index (χ2v) is 5.77. The first-order valence-corrected chi connectivity index (χ1v) is 7.90. The zero-order valence-electron chi connectivity index (χ0n) is 13.7. The lowest BCUT2D eigenvalue weighted by atomic mass is 10.1. The summed E-state index contributed by atoms with van der Waals surface area (Å²) in [5.41, 5.74) is 4.93. The highest BCUT2D eigenvalue weighted by atomic mass is 19.4. The molecule has 1 N–H and O–H groups in total. The summed E-state index contributed by atoms with van der Waals surface area (Å²) in [5.74, 6) is 0.184. The number of halogens is 3. The van der Waals surface area contributed by atoms with E-state index in [9.17, 15) is 13.2 Å². The fourth-order valence-corrected chi connectivity index (χ4v) is 2.81. The highest BCUT2D eigenvalue weighted by molar-refractivity contribution is 5.73. The van der Waals surface area contributed by atoms with Crippen molar-refractivity contribution in [3.05, 3.63) is 65.7 Å². The number of hydrazine groups is 1. The molecule has 0 amide bonds. The predicted octanol–water partition coefficient (Wildman–Crippen LogP) is 3.59. The summed E-state index contributed by atoms with van der Waals surface area (Å²) in [6.45, 7) is 0.459. The van der Waals surface area contributed by atoms with Crippen molar-refractivity contribution in [2.24, 2.45) is 0 Å². The number of aromatic nitrogens is 3. The Kier molecular flexibility index (Phi) is 3.97. The van der Waals surface area contributed by atoms with Crippen LogP contribution in [0.2, 0.25) is 0 Å². The molecule has 3 aromatic rings. The molecule has 4 rings (SSSR count). The number of nitrogens with zero attached hydrogens (tertiary/aromatic N) is 5. The fourth-order valence-electron chi connectivity index (χ4n) is 2.81. The number of alkyl halides is 3. The maximum Gasteiger partial charge on any atom is 0.433 e. The van der Waals surface area contributed by atoms with E-state index in [0.29, 0.717) is 23.5 Å². The average molecular weight is 368 g/mol. The summed E-state index contributed by atoms with van der Waals surface area (Å²) < 4.78 is 38.9. The molecule has 0 unspecified atom stereocenters. The van der Waals surface area contributed by atoms with E-state index in [0.717, 1.165) is 11.6 Å². The Morgan fingerprint density at radius 2 is 1.96 bits per heavy atom. The Morgan fingerprint density at radius 1 is 1.11 bits per heavy atom. The summed E-state index contributed by atoms with van der Waals surface area (Å²) in [6, 6.07) is 12.8. The van der Waals surface area contributed by atoms with Crippen LogP contribution in [0.1, 0.15) is 17.1 Å². The van der Waals surface area contributed by atoms with Crippen LogP contribution < -0.4 is 10.4 Å². The van der Waals surface area contributed by atoms with Gasteiger partial charge < -0.3 is 0 Å². The standard InChI is InChI=1S/C18H11F3N6/c19-18(20,21)15-2-1-3-17(26-15)27-14-8-11(4-5-12(14)10-24-27)13-6-7-23-16(9-22)25-13/h1-8,24H,10H2. The number of pyridine rings is 1. The quantitative estimate of drug-likeness (QED) is 0.745. The predicted molar refractivity (Wildman–Crippen MR) is 90.4 cm³/mol. The number of fused-ring (bicyclic) bond motifs is 1. The molecular weight excluding hydrogens is 357 g/mol. The van der Waals surface area contributed by atoms with E-state index in [1.165, 1.54) is 23.3 Å².